The molecule has 0 radical (unpaired) electrons. The van der Waals surface area contributed by atoms with E-state index >= 15 is 0 Å². The molecule has 0 aromatic carbocycles. The van der Waals surface area contributed by atoms with Crippen LogP contribution >= 0.6 is 0 Å². The second kappa shape index (κ2) is 3.34. The zero-order valence-corrected chi connectivity index (χ0v) is 7.40. The first-order valence-electron chi connectivity index (χ1n) is 4.11. The molecule has 70 valence electrons. The molecule has 0 bridgehead atoms. The maximum atomic E-state index is 9.63. The third-order valence-electron chi connectivity index (χ3n) is 2.86. The first-order chi connectivity index (χ1) is 5.56. The fourth-order valence-corrected chi connectivity index (χ4v) is 1.52. The van der Waals surface area contributed by atoms with Gasteiger partial charge in [0.05, 0.1) is 19.3 Å². The van der Waals surface area contributed by atoms with Gasteiger partial charge in [-0.3, -0.25) is 0 Å². The van der Waals surface area contributed by atoms with Gasteiger partial charge in [-0.2, -0.15) is 0 Å². The minimum atomic E-state index is -0.789. The van der Waals surface area contributed by atoms with E-state index in [2.05, 4.69) is 0 Å². The molecule has 5 heteroatoms. The highest BCUT2D eigenvalue weighted by molar-refractivity contribution is 6.11. The Balaban J connectivity index is 2.76. The molecule has 1 saturated heterocycles. The van der Waals surface area contributed by atoms with Crippen LogP contribution in [0.2, 0.25) is 0 Å². The summed E-state index contributed by atoms with van der Waals surface area (Å²) in [5, 5.41) is 27.5. The average Bonchev–Trinajstić information content (AvgIpc) is 2.30. The van der Waals surface area contributed by atoms with E-state index in [1.807, 2.05) is 0 Å². The Hall–Kier alpha value is -0.0951. The first kappa shape index (κ1) is 9.99. The van der Waals surface area contributed by atoms with Crippen LogP contribution in [0.4, 0.5) is 0 Å². The zero-order chi connectivity index (χ0) is 9.35. The average molecular weight is 174 g/mol. The van der Waals surface area contributed by atoms with Gasteiger partial charge >= 0.3 is 0 Å². The van der Waals surface area contributed by atoms with Crippen molar-refractivity contribution in [1.82, 2.24) is 0 Å². The van der Waals surface area contributed by atoms with E-state index in [1.165, 1.54) is 0 Å². The van der Waals surface area contributed by atoms with Crippen LogP contribution in [0.5, 0.6) is 0 Å². The number of aliphatic hydroxyl groups is 3. The lowest BCUT2D eigenvalue weighted by Crippen LogP contribution is -2.42. The molecule has 0 aromatic heterocycles. The molecule has 1 fully saturated rings. The SMILES string of the molecule is B[C@@H]1O[C@H](CO)[C@@H](O)[C@@]1(C)CO. The quantitative estimate of drug-likeness (QED) is 0.411. The highest BCUT2D eigenvalue weighted by Gasteiger charge is 2.49. The van der Waals surface area contributed by atoms with Crippen molar-refractivity contribution in [3.8, 4) is 0 Å². The molecule has 1 heterocycles. The lowest BCUT2D eigenvalue weighted by atomic mass is 9.72. The molecule has 1 aliphatic rings. The van der Waals surface area contributed by atoms with Gasteiger partial charge in [0.1, 0.15) is 14.0 Å². The highest BCUT2D eigenvalue weighted by Crippen LogP contribution is 2.36. The van der Waals surface area contributed by atoms with E-state index < -0.39 is 17.6 Å². The summed E-state index contributed by atoms with van der Waals surface area (Å²) in [4.78, 5) is 0. The number of hydrogen-bond donors (Lipinski definition) is 3. The van der Waals surface area contributed by atoms with Crippen molar-refractivity contribution in [3.63, 3.8) is 0 Å². The molecule has 0 unspecified atom stereocenters. The zero-order valence-electron chi connectivity index (χ0n) is 7.40. The summed E-state index contributed by atoms with van der Waals surface area (Å²) in [6, 6.07) is -0.227. The Morgan fingerprint density at radius 2 is 2.08 bits per heavy atom. The van der Waals surface area contributed by atoms with Crippen LogP contribution < -0.4 is 0 Å². The van der Waals surface area contributed by atoms with E-state index in [4.69, 9.17) is 14.9 Å². The maximum absolute atomic E-state index is 9.63. The molecule has 0 aliphatic carbocycles. The second-order valence-electron chi connectivity index (χ2n) is 3.61. The summed E-state index contributed by atoms with van der Waals surface area (Å²) in [6.07, 6.45) is -1.35. The highest BCUT2D eigenvalue weighted by atomic mass is 16.5. The first-order valence-corrected chi connectivity index (χ1v) is 4.11. The van der Waals surface area contributed by atoms with E-state index in [-0.39, 0.29) is 19.2 Å². The molecule has 0 spiro atoms. The summed E-state index contributed by atoms with van der Waals surface area (Å²) in [7, 11) is 1.79. The summed E-state index contributed by atoms with van der Waals surface area (Å²) < 4.78 is 5.27. The summed E-state index contributed by atoms with van der Waals surface area (Å²) in [5.41, 5.74) is -0.645. The van der Waals surface area contributed by atoms with E-state index in [9.17, 15) is 5.11 Å². The number of rotatable bonds is 2. The maximum Gasteiger partial charge on any atom is 0.140 e. The third kappa shape index (κ3) is 1.27. The third-order valence-corrected chi connectivity index (χ3v) is 2.86. The van der Waals surface area contributed by atoms with Crippen LogP contribution in [0.1, 0.15) is 6.92 Å². The smallest absolute Gasteiger partial charge is 0.140 e. The van der Waals surface area contributed by atoms with Crippen molar-refractivity contribution in [2.75, 3.05) is 13.2 Å². The number of ether oxygens (including phenoxy) is 1. The van der Waals surface area contributed by atoms with Gasteiger partial charge in [0.15, 0.2) is 0 Å². The van der Waals surface area contributed by atoms with Gasteiger partial charge in [0.2, 0.25) is 0 Å². The molecule has 4 nitrogen and oxygen atoms in total. The Morgan fingerprint density at radius 1 is 1.50 bits per heavy atom. The molecule has 4 atom stereocenters. The van der Waals surface area contributed by atoms with E-state index in [1.54, 1.807) is 14.8 Å². The Morgan fingerprint density at radius 3 is 2.33 bits per heavy atom. The van der Waals surface area contributed by atoms with Crippen molar-refractivity contribution in [3.05, 3.63) is 0 Å². The van der Waals surface area contributed by atoms with Gasteiger partial charge in [-0.15, -0.1) is 0 Å². The van der Waals surface area contributed by atoms with Crippen molar-refractivity contribution in [2.45, 2.75) is 25.1 Å². The van der Waals surface area contributed by atoms with Crippen LogP contribution in [-0.4, -0.2) is 54.6 Å². The predicted molar refractivity (Wildman–Crippen MR) is 45.5 cm³/mol. The molecular weight excluding hydrogens is 159 g/mol. The van der Waals surface area contributed by atoms with Crippen molar-refractivity contribution in [1.29, 1.82) is 0 Å². The molecule has 1 rings (SSSR count). The Bertz CT molecular complexity index is 165. The molecule has 12 heavy (non-hydrogen) atoms. The minimum Gasteiger partial charge on any atom is -0.396 e. The molecule has 0 amide bonds. The van der Waals surface area contributed by atoms with Crippen LogP contribution in [0, 0.1) is 5.41 Å². The fourth-order valence-electron chi connectivity index (χ4n) is 1.52. The van der Waals surface area contributed by atoms with Gasteiger partial charge in [-0.25, -0.2) is 0 Å². The molecule has 0 saturated carbocycles. The van der Waals surface area contributed by atoms with Gasteiger partial charge in [-0.05, 0) is 0 Å². The second-order valence-corrected chi connectivity index (χ2v) is 3.61. The molecule has 1 aliphatic heterocycles. The Kier molecular flexibility index (Phi) is 2.78. The minimum absolute atomic E-state index is 0.133. The molecule has 0 aromatic rings. The predicted octanol–water partition coefficient (Wildman–Crippen LogP) is -2.30. The van der Waals surface area contributed by atoms with E-state index in [0.717, 1.165) is 0 Å². The summed E-state index contributed by atoms with van der Waals surface area (Å²) >= 11 is 0. The van der Waals surface area contributed by atoms with Gasteiger partial charge in [-0.1, -0.05) is 6.92 Å². The van der Waals surface area contributed by atoms with Crippen LogP contribution in [0.25, 0.3) is 0 Å². The lowest BCUT2D eigenvalue weighted by Gasteiger charge is -2.28. The van der Waals surface area contributed by atoms with Crippen LogP contribution in [0.15, 0.2) is 0 Å². The van der Waals surface area contributed by atoms with Gasteiger partial charge in [0.25, 0.3) is 0 Å². The van der Waals surface area contributed by atoms with E-state index in [0.29, 0.717) is 0 Å². The summed E-state index contributed by atoms with van der Waals surface area (Å²) in [5.74, 6) is 0. The van der Waals surface area contributed by atoms with Crippen molar-refractivity contribution >= 4 is 7.85 Å². The fraction of sp³-hybridized carbons (Fsp3) is 1.00. The number of hydrogen-bond acceptors (Lipinski definition) is 4. The molecule has 3 N–H and O–H groups in total. The largest absolute Gasteiger partial charge is 0.396 e. The standard InChI is InChI=1S/C7H15BO4/c1-7(3-10)5(11)4(2-9)12-6(7)8/h4-6,9-11H,2-3,8H2,1H3/t4-,5-,6-,7-/m1/s1. The number of aliphatic hydroxyl groups excluding tert-OH is 3. The topological polar surface area (TPSA) is 69.9 Å². The Labute approximate surface area is 72.6 Å². The van der Waals surface area contributed by atoms with Crippen molar-refractivity contribution < 1.29 is 20.1 Å². The lowest BCUT2D eigenvalue weighted by molar-refractivity contribution is -0.0130. The van der Waals surface area contributed by atoms with Crippen LogP contribution in [0.3, 0.4) is 0 Å². The molecular formula is C7H15BO4. The monoisotopic (exact) mass is 174 g/mol. The van der Waals surface area contributed by atoms with Crippen LogP contribution in [-0.2, 0) is 4.74 Å². The van der Waals surface area contributed by atoms with Gasteiger partial charge < -0.3 is 20.1 Å². The van der Waals surface area contributed by atoms with Gasteiger partial charge in [0, 0.05) is 11.4 Å². The normalized spacial score (nSPS) is 48.2. The summed E-state index contributed by atoms with van der Waals surface area (Å²) in [6.45, 7) is 1.41. The van der Waals surface area contributed by atoms with Crippen molar-refractivity contribution in [2.24, 2.45) is 5.41 Å².